The molecule has 0 N–H and O–H groups in total. The van der Waals surface area contributed by atoms with Gasteiger partial charge in [-0.25, -0.2) is 0 Å². The Morgan fingerprint density at radius 3 is 1.71 bits per heavy atom. The van der Waals surface area contributed by atoms with Crippen molar-refractivity contribution in [3.8, 4) is 0 Å². The van der Waals surface area contributed by atoms with Crippen LogP contribution in [0.15, 0.2) is 0 Å². The number of hydrogen-bond acceptors (Lipinski definition) is 0. The zero-order valence-corrected chi connectivity index (χ0v) is 9.39. The first kappa shape index (κ1) is 23.7. The van der Waals surface area contributed by atoms with E-state index in [9.17, 15) is 0 Å². The average Bonchev–Trinajstić information content (AvgIpc) is 2.10. The Labute approximate surface area is 98.8 Å². The molecule has 0 aromatic heterocycles. The summed E-state index contributed by atoms with van der Waals surface area (Å²) in [4.78, 5) is 0. The third kappa shape index (κ3) is 40.3. The van der Waals surface area contributed by atoms with E-state index >= 15 is 0 Å². The van der Waals surface area contributed by atoms with Crippen LogP contribution in [0.2, 0.25) is 0 Å². The van der Waals surface area contributed by atoms with Gasteiger partial charge in [0.25, 0.3) is 0 Å². The largest absolute Gasteiger partial charge is 0.0588 e. The first-order chi connectivity index (χ1) is 6.13. The molecule has 0 aromatic rings. The Morgan fingerprint density at radius 1 is 1.14 bits per heavy atom. The summed E-state index contributed by atoms with van der Waals surface area (Å²) in [5, 5.41) is 0. The third-order valence-electron chi connectivity index (χ3n) is 0.991. The SMILES string of the molecule is [C-]#[O+].[C-]#[O+].[CH2][C](C)[CH]CC[C]([CH2])[CH2].[Fe]. The average molecular weight is 234 g/mol. The quantitative estimate of drug-likeness (QED) is 0.407. The maximum absolute atomic E-state index is 7.50. The zero-order valence-electron chi connectivity index (χ0n) is 8.28. The molecule has 0 saturated heterocycles. The maximum Gasteiger partial charge on any atom is 0 e. The van der Waals surface area contributed by atoms with Gasteiger partial charge in [-0.2, -0.15) is 0 Å². The molecule has 14 heavy (non-hydrogen) atoms. The van der Waals surface area contributed by atoms with E-state index in [1.807, 2.05) is 6.92 Å². The second kappa shape index (κ2) is 23.1. The molecule has 0 spiro atoms. The van der Waals surface area contributed by atoms with Crippen molar-refractivity contribution in [1.82, 2.24) is 0 Å². The molecule has 0 atom stereocenters. The fraction of sp³-hybridized carbons (Fsp3) is 0.273. The summed E-state index contributed by atoms with van der Waals surface area (Å²) in [6.45, 7) is 22.1. The van der Waals surface area contributed by atoms with Gasteiger partial charge in [-0.15, -0.1) is 0 Å². The molecule has 0 aromatic carbocycles. The molecule has 2 nitrogen and oxygen atoms in total. The van der Waals surface area contributed by atoms with E-state index in [4.69, 9.17) is 9.30 Å². The molecule has 0 aliphatic heterocycles. The second-order valence-corrected chi connectivity index (χ2v) is 2.34. The summed E-state index contributed by atoms with van der Waals surface area (Å²) < 4.78 is 15.0. The van der Waals surface area contributed by atoms with Gasteiger partial charge in [-0.05, 0) is 51.9 Å². The van der Waals surface area contributed by atoms with Crippen molar-refractivity contribution in [2.75, 3.05) is 0 Å². The molecule has 0 bridgehead atoms. The maximum atomic E-state index is 7.50. The van der Waals surface area contributed by atoms with Gasteiger partial charge < -0.3 is 0 Å². The van der Waals surface area contributed by atoms with Crippen LogP contribution in [0.3, 0.4) is 0 Å². The van der Waals surface area contributed by atoms with Gasteiger partial charge in [-0.3, -0.25) is 0 Å². The number of rotatable bonds is 4. The topological polar surface area (TPSA) is 39.8 Å². The Kier molecular flexibility index (Phi) is 39.1. The second-order valence-electron chi connectivity index (χ2n) is 2.34. The molecule has 0 aliphatic rings. The first-order valence-corrected chi connectivity index (χ1v) is 3.52. The summed E-state index contributed by atoms with van der Waals surface area (Å²) in [5.74, 6) is 2.11. The van der Waals surface area contributed by atoms with Crippen LogP contribution in [0.4, 0.5) is 0 Å². The van der Waals surface area contributed by atoms with Crippen molar-refractivity contribution in [2.24, 2.45) is 0 Å². The summed E-state index contributed by atoms with van der Waals surface area (Å²) in [7, 11) is 0. The van der Waals surface area contributed by atoms with Crippen molar-refractivity contribution >= 4 is 0 Å². The summed E-state index contributed by atoms with van der Waals surface area (Å²) in [5.41, 5.74) is 0. The van der Waals surface area contributed by atoms with Crippen LogP contribution >= 0.6 is 0 Å². The molecular formula is C11H14FeO2. The Balaban J connectivity index is -0.0000000883. The van der Waals surface area contributed by atoms with Crippen LogP contribution < -0.4 is 0 Å². The van der Waals surface area contributed by atoms with E-state index in [0.717, 1.165) is 24.7 Å². The Morgan fingerprint density at radius 2 is 1.50 bits per heavy atom. The van der Waals surface area contributed by atoms with Gasteiger partial charge in [0.15, 0.2) is 0 Å². The normalized spacial score (nSPS) is 7.57. The van der Waals surface area contributed by atoms with Crippen molar-refractivity contribution in [1.29, 1.82) is 0 Å². The standard InChI is InChI=1S/C9H14.2CO.Fe/c1-8(2)6-5-7-9(3)4;2*1-2;/h7H,1-3,5-6H2,4H3;;;. The molecule has 0 heterocycles. The minimum atomic E-state index is 0. The Bertz CT molecular complexity index is 103. The molecule has 78 valence electrons. The van der Waals surface area contributed by atoms with E-state index in [-0.39, 0.29) is 17.1 Å². The molecule has 0 amide bonds. The van der Waals surface area contributed by atoms with Crippen molar-refractivity contribution in [3.63, 3.8) is 0 Å². The van der Waals surface area contributed by atoms with Gasteiger partial charge in [0.1, 0.15) is 0 Å². The van der Waals surface area contributed by atoms with E-state index in [2.05, 4.69) is 40.5 Å². The fourth-order valence-electron chi connectivity index (χ4n) is 0.523. The van der Waals surface area contributed by atoms with Crippen LogP contribution in [0.5, 0.6) is 0 Å². The minimum Gasteiger partial charge on any atom is -0.0588 e. The van der Waals surface area contributed by atoms with E-state index < -0.39 is 0 Å². The third-order valence-corrected chi connectivity index (χ3v) is 0.991. The molecular weight excluding hydrogens is 220 g/mol. The van der Waals surface area contributed by atoms with E-state index in [0.29, 0.717) is 0 Å². The van der Waals surface area contributed by atoms with Gasteiger partial charge >= 0.3 is 22.6 Å². The van der Waals surface area contributed by atoms with Crippen LogP contribution in [-0.2, 0) is 26.4 Å². The molecule has 6 radical (unpaired) electrons. The van der Waals surface area contributed by atoms with Gasteiger partial charge in [0, 0.05) is 17.1 Å². The van der Waals surface area contributed by atoms with Crippen molar-refractivity contribution in [2.45, 2.75) is 19.8 Å². The zero-order chi connectivity index (χ0) is 11.3. The van der Waals surface area contributed by atoms with E-state index in [1.165, 1.54) is 0 Å². The smallest absolute Gasteiger partial charge is 0 e. The molecule has 0 aliphatic carbocycles. The summed E-state index contributed by atoms with van der Waals surface area (Å²) in [6.07, 6.45) is 4.10. The van der Waals surface area contributed by atoms with Crippen LogP contribution in [0, 0.1) is 52.3 Å². The summed E-state index contributed by atoms with van der Waals surface area (Å²) >= 11 is 0. The molecule has 0 saturated carbocycles. The first-order valence-electron chi connectivity index (χ1n) is 3.52. The predicted molar refractivity (Wildman–Crippen MR) is 49.6 cm³/mol. The number of hydrogen-bond donors (Lipinski definition) is 0. The monoisotopic (exact) mass is 234 g/mol. The van der Waals surface area contributed by atoms with Gasteiger partial charge in [0.2, 0.25) is 0 Å². The Hall–Kier alpha value is -0.000519. The van der Waals surface area contributed by atoms with Crippen molar-refractivity contribution in [3.05, 3.63) is 52.3 Å². The van der Waals surface area contributed by atoms with Gasteiger partial charge in [0.05, 0.1) is 0 Å². The minimum absolute atomic E-state index is 0. The predicted octanol–water partition coefficient (Wildman–Crippen LogP) is 2.56. The fourth-order valence-corrected chi connectivity index (χ4v) is 0.523. The van der Waals surface area contributed by atoms with E-state index in [1.54, 1.807) is 0 Å². The molecule has 0 rings (SSSR count). The van der Waals surface area contributed by atoms with Crippen molar-refractivity contribution < 1.29 is 26.4 Å². The van der Waals surface area contributed by atoms with Crippen LogP contribution in [0.25, 0.3) is 0 Å². The van der Waals surface area contributed by atoms with Gasteiger partial charge in [-0.1, -0.05) is 6.92 Å². The van der Waals surface area contributed by atoms with Crippen LogP contribution in [-0.4, -0.2) is 0 Å². The molecule has 0 unspecified atom stereocenters. The van der Waals surface area contributed by atoms with Crippen LogP contribution in [0.1, 0.15) is 19.8 Å². The summed E-state index contributed by atoms with van der Waals surface area (Å²) in [6, 6.07) is 0. The molecule has 3 heteroatoms. The molecule has 0 fully saturated rings.